The Labute approximate surface area is 165 Å². The number of alkyl halides is 3. The summed E-state index contributed by atoms with van der Waals surface area (Å²) in [6.45, 7) is -1.74. The maximum absolute atomic E-state index is 12.2. The van der Waals surface area contributed by atoms with Crippen molar-refractivity contribution in [2.45, 2.75) is 22.5 Å². The molecule has 0 saturated heterocycles. The SMILES string of the molecule is NS(=O)(=O)c1ccc(CNC(=O)c2cccc(S(=O)(=O)NCC(F)(F)F)c2)cc1. The van der Waals surface area contributed by atoms with Crippen molar-refractivity contribution in [1.29, 1.82) is 0 Å². The predicted molar refractivity (Wildman–Crippen MR) is 96.7 cm³/mol. The zero-order valence-corrected chi connectivity index (χ0v) is 16.2. The fourth-order valence-electron chi connectivity index (χ4n) is 2.15. The van der Waals surface area contributed by atoms with E-state index >= 15 is 0 Å². The van der Waals surface area contributed by atoms with Gasteiger partial charge in [-0.05, 0) is 35.9 Å². The number of hydrogen-bond acceptors (Lipinski definition) is 5. The standard InChI is InChI=1S/C16H16F3N3O5S2/c17-16(18,19)10-22-29(26,27)14-3-1-2-12(8-14)15(23)21-9-11-4-6-13(7-5-11)28(20,24)25/h1-8,22H,9-10H2,(H,21,23)(H2,20,24,25). The molecule has 4 N–H and O–H groups in total. The van der Waals surface area contributed by atoms with E-state index in [1.165, 1.54) is 41.1 Å². The Morgan fingerprint density at radius 3 is 2.14 bits per heavy atom. The lowest BCUT2D eigenvalue weighted by atomic mass is 10.2. The molecule has 0 aliphatic carbocycles. The van der Waals surface area contributed by atoms with Gasteiger partial charge in [-0.15, -0.1) is 0 Å². The van der Waals surface area contributed by atoms with E-state index in [1.807, 2.05) is 0 Å². The van der Waals surface area contributed by atoms with E-state index in [0.717, 1.165) is 12.1 Å². The highest BCUT2D eigenvalue weighted by Gasteiger charge is 2.30. The number of halogens is 3. The van der Waals surface area contributed by atoms with E-state index in [9.17, 15) is 34.8 Å². The lowest BCUT2D eigenvalue weighted by molar-refractivity contribution is -0.121. The molecule has 1 amide bonds. The van der Waals surface area contributed by atoms with E-state index in [-0.39, 0.29) is 17.0 Å². The summed E-state index contributed by atoms with van der Waals surface area (Å²) in [5.74, 6) is -0.673. The van der Waals surface area contributed by atoms with Crippen LogP contribution < -0.4 is 15.2 Å². The van der Waals surface area contributed by atoms with Gasteiger partial charge in [0.15, 0.2) is 0 Å². The van der Waals surface area contributed by atoms with Crippen LogP contribution in [0, 0.1) is 0 Å². The summed E-state index contributed by atoms with van der Waals surface area (Å²) < 4.78 is 84.4. The molecule has 0 heterocycles. The van der Waals surface area contributed by atoms with Gasteiger partial charge in [-0.25, -0.2) is 26.7 Å². The minimum atomic E-state index is -4.72. The molecule has 0 aliphatic heterocycles. The van der Waals surface area contributed by atoms with E-state index in [0.29, 0.717) is 5.56 Å². The fraction of sp³-hybridized carbons (Fsp3) is 0.188. The molecule has 0 atom stereocenters. The number of benzene rings is 2. The van der Waals surface area contributed by atoms with Crippen LogP contribution >= 0.6 is 0 Å². The normalized spacial score (nSPS) is 12.6. The molecule has 158 valence electrons. The van der Waals surface area contributed by atoms with Crippen LogP contribution in [-0.4, -0.2) is 35.5 Å². The maximum atomic E-state index is 12.2. The molecule has 2 aromatic rings. The number of carbonyl (C=O) groups is 1. The van der Waals surface area contributed by atoms with Crippen molar-refractivity contribution in [3.63, 3.8) is 0 Å². The number of carbonyl (C=O) groups excluding carboxylic acids is 1. The summed E-state index contributed by atoms with van der Waals surface area (Å²) in [4.78, 5) is 11.6. The van der Waals surface area contributed by atoms with Gasteiger partial charge < -0.3 is 5.32 Å². The van der Waals surface area contributed by atoms with Crippen LogP contribution in [-0.2, 0) is 26.6 Å². The molecular formula is C16H16F3N3O5S2. The average molecular weight is 451 g/mol. The zero-order chi connectivity index (χ0) is 21.9. The Bertz CT molecular complexity index is 1100. The van der Waals surface area contributed by atoms with Gasteiger partial charge in [-0.2, -0.15) is 13.2 Å². The van der Waals surface area contributed by atoms with E-state index in [1.54, 1.807) is 0 Å². The molecule has 0 unspecified atom stereocenters. The third-order valence-corrected chi connectivity index (χ3v) is 5.90. The van der Waals surface area contributed by atoms with Crippen molar-refractivity contribution >= 4 is 26.0 Å². The zero-order valence-electron chi connectivity index (χ0n) is 14.6. The minimum Gasteiger partial charge on any atom is -0.348 e. The van der Waals surface area contributed by atoms with Gasteiger partial charge in [0.2, 0.25) is 20.0 Å². The Morgan fingerprint density at radius 2 is 1.59 bits per heavy atom. The molecule has 29 heavy (non-hydrogen) atoms. The predicted octanol–water partition coefficient (Wildman–Crippen LogP) is 1.10. The van der Waals surface area contributed by atoms with Crippen LogP contribution in [0.15, 0.2) is 58.3 Å². The first-order valence-corrected chi connectivity index (χ1v) is 10.9. The van der Waals surface area contributed by atoms with Crippen LogP contribution in [0.2, 0.25) is 0 Å². The molecule has 8 nitrogen and oxygen atoms in total. The molecule has 13 heteroatoms. The van der Waals surface area contributed by atoms with Gasteiger partial charge in [-0.1, -0.05) is 18.2 Å². The quantitative estimate of drug-likeness (QED) is 0.579. The number of amides is 1. The van der Waals surface area contributed by atoms with Crippen LogP contribution in [0.25, 0.3) is 0 Å². The van der Waals surface area contributed by atoms with Gasteiger partial charge >= 0.3 is 6.18 Å². The number of hydrogen-bond donors (Lipinski definition) is 3. The van der Waals surface area contributed by atoms with Crippen molar-refractivity contribution in [1.82, 2.24) is 10.0 Å². The number of rotatable bonds is 7. The van der Waals surface area contributed by atoms with Crippen molar-refractivity contribution in [3.8, 4) is 0 Å². The molecule has 0 aliphatic rings. The largest absolute Gasteiger partial charge is 0.402 e. The maximum Gasteiger partial charge on any atom is 0.402 e. The number of primary sulfonamides is 1. The smallest absolute Gasteiger partial charge is 0.348 e. The monoisotopic (exact) mass is 451 g/mol. The minimum absolute atomic E-state index is 0.00691. The second-order valence-corrected chi connectivity index (χ2v) is 9.17. The third-order valence-electron chi connectivity index (χ3n) is 3.57. The van der Waals surface area contributed by atoms with E-state index in [4.69, 9.17) is 5.14 Å². The fourth-order valence-corrected chi connectivity index (χ4v) is 3.72. The third kappa shape index (κ3) is 6.81. The summed E-state index contributed by atoms with van der Waals surface area (Å²) in [6.07, 6.45) is -4.72. The van der Waals surface area contributed by atoms with Gasteiger partial charge in [0.05, 0.1) is 9.79 Å². The second kappa shape index (κ2) is 8.49. The molecule has 2 rings (SSSR count). The highest BCUT2D eigenvalue weighted by Crippen LogP contribution is 2.16. The number of nitrogens with two attached hydrogens (primary N) is 1. The average Bonchev–Trinajstić information content (AvgIpc) is 2.64. The summed E-state index contributed by atoms with van der Waals surface area (Å²) >= 11 is 0. The first kappa shape index (κ1) is 22.8. The van der Waals surface area contributed by atoms with Crippen LogP contribution in [0.3, 0.4) is 0 Å². The Hall–Kier alpha value is -2.48. The summed E-state index contributed by atoms with van der Waals surface area (Å²) in [7, 11) is -8.30. The number of sulfonamides is 2. The topological polar surface area (TPSA) is 135 Å². The van der Waals surface area contributed by atoms with Crippen LogP contribution in [0.1, 0.15) is 15.9 Å². The molecule has 0 aromatic heterocycles. The molecule has 0 spiro atoms. The highest BCUT2D eigenvalue weighted by molar-refractivity contribution is 7.89. The second-order valence-electron chi connectivity index (χ2n) is 5.84. The Balaban J connectivity index is 2.07. The van der Waals surface area contributed by atoms with Crippen molar-refractivity contribution in [2.24, 2.45) is 5.14 Å². The highest BCUT2D eigenvalue weighted by atomic mass is 32.2. The molecular weight excluding hydrogens is 435 g/mol. The lowest BCUT2D eigenvalue weighted by Crippen LogP contribution is -2.34. The van der Waals surface area contributed by atoms with Crippen LogP contribution in [0.4, 0.5) is 13.2 Å². The van der Waals surface area contributed by atoms with E-state index < -0.39 is 43.6 Å². The molecule has 2 aromatic carbocycles. The summed E-state index contributed by atoms with van der Waals surface area (Å²) in [6, 6.07) is 9.90. The molecule has 0 bridgehead atoms. The van der Waals surface area contributed by atoms with Crippen molar-refractivity contribution in [2.75, 3.05) is 6.54 Å². The lowest BCUT2D eigenvalue weighted by Gasteiger charge is -2.11. The molecule has 0 radical (unpaired) electrons. The molecule has 0 saturated carbocycles. The number of nitrogens with one attached hydrogen (secondary N) is 2. The Morgan fingerprint density at radius 1 is 0.966 bits per heavy atom. The first-order valence-electron chi connectivity index (χ1n) is 7.84. The summed E-state index contributed by atoms with van der Waals surface area (Å²) in [5, 5.41) is 7.48. The van der Waals surface area contributed by atoms with Gasteiger partial charge in [0, 0.05) is 12.1 Å². The van der Waals surface area contributed by atoms with Gasteiger partial charge in [0.25, 0.3) is 5.91 Å². The van der Waals surface area contributed by atoms with Crippen LogP contribution in [0.5, 0.6) is 0 Å². The Kier molecular flexibility index (Phi) is 6.67. The molecule has 0 fully saturated rings. The van der Waals surface area contributed by atoms with Crippen molar-refractivity contribution in [3.05, 3.63) is 59.7 Å². The van der Waals surface area contributed by atoms with Gasteiger partial charge in [-0.3, -0.25) is 4.79 Å². The van der Waals surface area contributed by atoms with Gasteiger partial charge in [0.1, 0.15) is 6.54 Å². The first-order chi connectivity index (χ1) is 13.3. The summed E-state index contributed by atoms with van der Waals surface area (Å²) in [5.41, 5.74) is 0.461. The van der Waals surface area contributed by atoms with Crippen molar-refractivity contribution < 1.29 is 34.8 Å². The van der Waals surface area contributed by atoms with E-state index in [2.05, 4.69) is 5.32 Å².